The van der Waals surface area contributed by atoms with Crippen LogP contribution in [-0.2, 0) is 6.18 Å². The number of alkyl halides is 3. The number of benzene rings is 2. The zero-order valence-corrected chi connectivity index (χ0v) is 16.0. The Morgan fingerprint density at radius 2 is 1.84 bits per heavy atom. The van der Waals surface area contributed by atoms with Gasteiger partial charge in [0.2, 0.25) is 0 Å². The summed E-state index contributed by atoms with van der Waals surface area (Å²) < 4.78 is 51.2. The lowest BCUT2D eigenvalue weighted by atomic mass is 10.00. The second kappa shape index (κ2) is 8.11. The van der Waals surface area contributed by atoms with Crippen LogP contribution in [0.15, 0.2) is 60.8 Å². The van der Waals surface area contributed by atoms with Gasteiger partial charge in [0.15, 0.2) is 5.78 Å². The van der Waals surface area contributed by atoms with Crippen LogP contribution >= 0.6 is 0 Å². The van der Waals surface area contributed by atoms with Crippen molar-refractivity contribution >= 4 is 5.78 Å². The van der Waals surface area contributed by atoms with Gasteiger partial charge < -0.3 is 9.47 Å². The summed E-state index contributed by atoms with van der Waals surface area (Å²) in [4.78, 5) is 15.4. The molecule has 3 aromatic rings. The van der Waals surface area contributed by atoms with Gasteiger partial charge in [-0.3, -0.25) is 9.78 Å². The van der Waals surface area contributed by atoms with Gasteiger partial charge in [0.25, 0.3) is 0 Å². The van der Waals surface area contributed by atoms with Gasteiger partial charge in [-0.2, -0.15) is 18.4 Å². The molecule has 2 aromatic carbocycles. The normalized spacial score (nSPS) is 14.2. The molecule has 0 aliphatic carbocycles. The Hall–Kier alpha value is -3.86. The van der Waals surface area contributed by atoms with E-state index < -0.39 is 18.0 Å². The molecule has 0 fully saturated rings. The number of ketones is 1. The van der Waals surface area contributed by atoms with Gasteiger partial charge in [0.05, 0.1) is 23.8 Å². The van der Waals surface area contributed by atoms with Gasteiger partial charge in [-0.15, -0.1) is 0 Å². The van der Waals surface area contributed by atoms with Crippen LogP contribution in [0.4, 0.5) is 13.2 Å². The fourth-order valence-electron chi connectivity index (χ4n) is 3.28. The Labute approximate surface area is 175 Å². The highest BCUT2D eigenvalue weighted by Crippen LogP contribution is 2.35. The van der Waals surface area contributed by atoms with Crippen molar-refractivity contribution in [3.8, 4) is 17.6 Å². The van der Waals surface area contributed by atoms with Crippen molar-refractivity contribution in [1.82, 2.24) is 4.98 Å². The standard InChI is InChI=1S/C23H15F3N2O3/c24-23(25,26)21-11-16(7-9-28-21)22(15-3-1-14(13-27)2-4-15)31-17-5-6-18-19(29)8-10-30-20(18)12-17/h1-7,9,11-12,22H,8,10H2. The van der Waals surface area contributed by atoms with Crippen molar-refractivity contribution in [2.45, 2.75) is 18.7 Å². The average Bonchev–Trinajstić information content (AvgIpc) is 2.77. The maximum absolute atomic E-state index is 13.2. The van der Waals surface area contributed by atoms with Crippen LogP contribution in [0.3, 0.4) is 0 Å². The Morgan fingerprint density at radius 1 is 1.06 bits per heavy atom. The molecule has 4 rings (SSSR count). The first kappa shape index (κ1) is 20.4. The molecular weight excluding hydrogens is 409 g/mol. The van der Waals surface area contributed by atoms with Gasteiger partial charge in [0, 0.05) is 24.2 Å². The quantitative estimate of drug-likeness (QED) is 0.582. The number of hydrogen-bond acceptors (Lipinski definition) is 5. The summed E-state index contributed by atoms with van der Waals surface area (Å²) >= 11 is 0. The van der Waals surface area contributed by atoms with Crippen molar-refractivity contribution in [3.05, 3.63) is 88.7 Å². The fourth-order valence-corrected chi connectivity index (χ4v) is 3.28. The number of rotatable bonds is 4. The van der Waals surface area contributed by atoms with Gasteiger partial charge in [-0.05, 0) is 42.0 Å². The van der Waals surface area contributed by atoms with E-state index in [-0.39, 0.29) is 24.4 Å². The van der Waals surface area contributed by atoms with Crippen molar-refractivity contribution < 1.29 is 27.4 Å². The first-order valence-corrected chi connectivity index (χ1v) is 9.35. The van der Waals surface area contributed by atoms with E-state index in [0.29, 0.717) is 28.2 Å². The first-order chi connectivity index (χ1) is 14.8. The van der Waals surface area contributed by atoms with Crippen LogP contribution in [0.25, 0.3) is 0 Å². The Bertz CT molecular complexity index is 1170. The number of halogens is 3. The number of carbonyl (C=O) groups excluding carboxylic acids is 1. The molecule has 1 atom stereocenters. The lowest BCUT2D eigenvalue weighted by Gasteiger charge is -2.23. The molecule has 0 bridgehead atoms. The van der Waals surface area contributed by atoms with Crippen LogP contribution in [-0.4, -0.2) is 17.4 Å². The van der Waals surface area contributed by atoms with Gasteiger partial charge >= 0.3 is 6.18 Å². The lowest BCUT2D eigenvalue weighted by molar-refractivity contribution is -0.141. The van der Waals surface area contributed by atoms with Crippen molar-refractivity contribution in [3.63, 3.8) is 0 Å². The largest absolute Gasteiger partial charge is 0.492 e. The van der Waals surface area contributed by atoms with E-state index in [0.717, 1.165) is 12.3 Å². The van der Waals surface area contributed by atoms with E-state index in [9.17, 15) is 18.0 Å². The second-order valence-corrected chi connectivity index (χ2v) is 6.88. The number of ether oxygens (including phenoxy) is 2. The van der Waals surface area contributed by atoms with Crippen LogP contribution in [0, 0.1) is 11.3 Å². The summed E-state index contributed by atoms with van der Waals surface area (Å²) in [5.74, 6) is 0.659. The molecule has 1 aliphatic heterocycles. The van der Waals surface area contributed by atoms with E-state index >= 15 is 0 Å². The van der Waals surface area contributed by atoms with Gasteiger partial charge in [-0.1, -0.05) is 12.1 Å². The Kier molecular flexibility index (Phi) is 5.34. The topological polar surface area (TPSA) is 72.2 Å². The van der Waals surface area contributed by atoms with Crippen LogP contribution in [0.1, 0.15) is 45.3 Å². The molecule has 1 aliphatic rings. The number of nitriles is 1. The Morgan fingerprint density at radius 3 is 2.55 bits per heavy atom. The molecule has 0 N–H and O–H groups in total. The zero-order chi connectivity index (χ0) is 22.0. The van der Waals surface area contributed by atoms with E-state index in [1.807, 2.05) is 6.07 Å². The number of aromatic nitrogens is 1. The summed E-state index contributed by atoms with van der Waals surface area (Å²) in [5, 5.41) is 9.02. The summed E-state index contributed by atoms with van der Waals surface area (Å²) in [7, 11) is 0. The van der Waals surface area contributed by atoms with Crippen LogP contribution in [0.5, 0.6) is 11.5 Å². The van der Waals surface area contributed by atoms with Gasteiger partial charge in [0.1, 0.15) is 23.3 Å². The summed E-state index contributed by atoms with van der Waals surface area (Å²) in [6, 6.07) is 15.4. The second-order valence-electron chi connectivity index (χ2n) is 6.88. The van der Waals surface area contributed by atoms with E-state index in [2.05, 4.69) is 4.98 Å². The molecule has 1 aromatic heterocycles. The zero-order valence-electron chi connectivity index (χ0n) is 16.0. The lowest BCUT2D eigenvalue weighted by Crippen LogP contribution is -2.16. The first-order valence-electron chi connectivity index (χ1n) is 9.35. The molecule has 5 nitrogen and oxygen atoms in total. The molecule has 0 saturated carbocycles. The van der Waals surface area contributed by atoms with E-state index in [4.69, 9.17) is 14.7 Å². The molecule has 0 amide bonds. The molecule has 8 heteroatoms. The third kappa shape index (κ3) is 4.36. The minimum absolute atomic E-state index is 0.0413. The van der Waals surface area contributed by atoms with Crippen molar-refractivity contribution in [2.24, 2.45) is 0 Å². The number of Topliss-reactive ketones (excluding diaryl/α,β-unsaturated/α-hetero) is 1. The van der Waals surface area contributed by atoms with Crippen LogP contribution in [0.2, 0.25) is 0 Å². The maximum Gasteiger partial charge on any atom is 0.433 e. The number of pyridine rings is 1. The molecular formula is C23H15F3N2O3. The fraction of sp³-hybridized carbons (Fsp3) is 0.174. The molecule has 0 radical (unpaired) electrons. The van der Waals surface area contributed by atoms with Crippen molar-refractivity contribution in [1.29, 1.82) is 5.26 Å². The molecule has 2 heterocycles. The highest BCUT2D eigenvalue weighted by molar-refractivity contribution is 5.99. The minimum atomic E-state index is -4.61. The predicted octanol–water partition coefficient (Wildman–Crippen LogP) is 5.11. The summed E-state index contributed by atoms with van der Waals surface area (Å²) in [5.41, 5.74) is 0.604. The molecule has 31 heavy (non-hydrogen) atoms. The number of carbonyl (C=O) groups is 1. The molecule has 0 spiro atoms. The average molecular weight is 424 g/mol. The summed E-state index contributed by atoms with van der Waals surface area (Å²) in [6.45, 7) is 0.258. The highest BCUT2D eigenvalue weighted by atomic mass is 19.4. The van der Waals surface area contributed by atoms with Gasteiger partial charge in [-0.25, -0.2) is 0 Å². The minimum Gasteiger partial charge on any atom is -0.492 e. The summed E-state index contributed by atoms with van der Waals surface area (Å²) in [6.07, 6.45) is -4.15. The van der Waals surface area contributed by atoms with E-state index in [1.165, 1.54) is 6.07 Å². The van der Waals surface area contributed by atoms with Crippen LogP contribution < -0.4 is 9.47 Å². The molecule has 0 saturated heterocycles. The number of hydrogen-bond donors (Lipinski definition) is 0. The number of fused-ring (bicyclic) bond motifs is 1. The predicted molar refractivity (Wildman–Crippen MR) is 104 cm³/mol. The smallest absolute Gasteiger partial charge is 0.433 e. The monoisotopic (exact) mass is 424 g/mol. The van der Waals surface area contributed by atoms with E-state index in [1.54, 1.807) is 42.5 Å². The number of nitrogens with zero attached hydrogens (tertiary/aromatic N) is 2. The Balaban J connectivity index is 1.74. The third-order valence-corrected chi connectivity index (χ3v) is 4.81. The highest BCUT2D eigenvalue weighted by Gasteiger charge is 2.33. The third-order valence-electron chi connectivity index (χ3n) is 4.81. The SMILES string of the molecule is N#Cc1ccc(C(Oc2ccc3c(c2)OCCC3=O)c2ccnc(C(F)(F)F)c2)cc1. The van der Waals surface area contributed by atoms with Crippen molar-refractivity contribution in [2.75, 3.05) is 6.61 Å². The molecule has 1 unspecified atom stereocenters. The maximum atomic E-state index is 13.2. The molecule has 156 valence electrons.